The molecule has 4 N–H and O–H groups in total. The summed E-state index contributed by atoms with van der Waals surface area (Å²) >= 11 is 0. The first-order valence-corrected chi connectivity index (χ1v) is 7.04. The molecular weight excluding hydrogens is 267 g/mol. The lowest BCUT2D eigenvalue weighted by molar-refractivity contribution is 0.598. The lowest BCUT2D eigenvalue weighted by atomic mass is 10.2. The third-order valence-corrected chi connectivity index (χ3v) is 3.89. The molecular formula is C16H19FN4. The maximum atomic E-state index is 14.0. The van der Waals surface area contributed by atoms with E-state index >= 15 is 0 Å². The van der Waals surface area contributed by atoms with Crippen molar-refractivity contribution >= 4 is 22.7 Å². The van der Waals surface area contributed by atoms with Crippen LogP contribution in [0.1, 0.15) is 0 Å². The van der Waals surface area contributed by atoms with Crippen LogP contribution in [0.2, 0.25) is 0 Å². The molecule has 0 radical (unpaired) electrons. The van der Waals surface area contributed by atoms with Crippen molar-refractivity contribution in [3.05, 3.63) is 48.3 Å². The van der Waals surface area contributed by atoms with Gasteiger partial charge in [-0.15, -0.1) is 0 Å². The zero-order valence-corrected chi connectivity index (χ0v) is 11.8. The standard InChI is InChI=1S/C16H19FN4/c17-13-10-14(18)15(19)11-16(13)21-8-6-20(7-9-21)12-4-2-1-3-5-12/h1-5,10-11H,6-9,18-19H2. The smallest absolute Gasteiger partial charge is 0.148 e. The zero-order chi connectivity index (χ0) is 14.8. The summed E-state index contributed by atoms with van der Waals surface area (Å²) in [6.07, 6.45) is 0. The van der Waals surface area contributed by atoms with Crippen LogP contribution in [0, 0.1) is 5.82 Å². The fourth-order valence-electron chi connectivity index (χ4n) is 2.68. The van der Waals surface area contributed by atoms with Crippen molar-refractivity contribution in [3.8, 4) is 0 Å². The van der Waals surface area contributed by atoms with Crippen LogP contribution in [-0.2, 0) is 0 Å². The summed E-state index contributed by atoms with van der Waals surface area (Å²) in [5, 5.41) is 0. The zero-order valence-electron chi connectivity index (χ0n) is 11.8. The summed E-state index contributed by atoms with van der Waals surface area (Å²) in [7, 11) is 0. The van der Waals surface area contributed by atoms with Gasteiger partial charge >= 0.3 is 0 Å². The average molecular weight is 286 g/mol. The molecule has 1 aliphatic rings. The van der Waals surface area contributed by atoms with Crippen LogP contribution < -0.4 is 21.3 Å². The van der Waals surface area contributed by atoms with Crippen molar-refractivity contribution < 1.29 is 4.39 Å². The van der Waals surface area contributed by atoms with Crippen LogP contribution >= 0.6 is 0 Å². The molecule has 0 saturated carbocycles. The number of anilines is 4. The summed E-state index contributed by atoms with van der Waals surface area (Å²) in [5.74, 6) is -0.310. The monoisotopic (exact) mass is 286 g/mol. The minimum absolute atomic E-state index is 0.291. The van der Waals surface area contributed by atoms with E-state index in [-0.39, 0.29) is 5.82 Å². The molecule has 0 aliphatic carbocycles. The predicted octanol–water partition coefficient (Wildman–Crippen LogP) is 2.32. The minimum atomic E-state index is -0.310. The molecule has 0 amide bonds. The van der Waals surface area contributed by atoms with Crippen LogP contribution in [0.4, 0.5) is 27.1 Å². The number of benzene rings is 2. The van der Waals surface area contributed by atoms with Gasteiger partial charge in [-0.25, -0.2) is 4.39 Å². The third-order valence-electron chi connectivity index (χ3n) is 3.89. The first kappa shape index (κ1) is 13.5. The lowest BCUT2D eigenvalue weighted by Gasteiger charge is -2.37. The highest BCUT2D eigenvalue weighted by Gasteiger charge is 2.20. The molecule has 1 fully saturated rings. The predicted molar refractivity (Wildman–Crippen MR) is 86.1 cm³/mol. The fraction of sp³-hybridized carbons (Fsp3) is 0.250. The first-order chi connectivity index (χ1) is 10.1. The Kier molecular flexibility index (Phi) is 3.56. The Morgan fingerprint density at radius 1 is 0.810 bits per heavy atom. The van der Waals surface area contributed by atoms with E-state index in [0.717, 1.165) is 26.2 Å². The van der Waals surface area contributed by atoms with Crippen molar-refractivity contribution in [2.24, 2.45) is 0 Å². The van der Waals surface area contributed by atoms with Gasteiger partial charge in [-0.05, 0) is 18.2 Å². The molecule has 1 heterocycles. The Morgan fingerprint density at radius 2 is 1.38 bits per heavy atom. The SMILES string of the molecule is Nc1cc(F)c(N2CCN(c3ccccc3)CC2)cc1N. The quantitative estimate of drug-likeness (QED) is 0.832. The molecule has 1 saturated heterocycles. The Morgan fingerprint density at radius 3 is 2.05 bits per heavy atom. The number of nitrogens with two attached hydrogens (primary N) is 2. The van der Waals surface area contributed by atoms with E-state index in [4.69, 9.17) is 11.5 Å². The number of para-hydroxylation sites is 1. The summed E-state index contributed by atoms with van der Waals surface area (Å²) in [4.78, 5) is 4.32. The Labute approximate surface area is 123 Å². The molecule has 21 heavy (non-hydrogen) atoms. The molecule has 0 unspecified atom stereocenters. The van der Waals surface area contributed by atoms with E-state index < -0.39 is 0 Å². The maximum Gasteiger partial charge on any atom is 0.148 e. The van der Waals surface area contributed by atoms with Gasteiger partial charge in [0.05, 0.1) is 17.1 Å². The molecule has 0 bridgehead atoms. The summed E-state index contributed by atoms with van der Waals surface area (Å²) in [5.41, 5.74) is 13.9. The second-order valence-corrected chi connectivity index (χ2v) is 5.24. The van der Waals surface area contributed by atoms with Crippen LogP contribution in [0.5, 0.6) is 0 Å². The highest BCUT2D eigenvalue weighted by atomic mass is 19.1. The maximum absolute atomic E-state index is 14.0. The van der Waals surface area contributed by atoms with Gasteiger partial charge in [0, 0.05) is 37.9 Å². The van der Waals surface area contributed by atoms with Gasteiger partial charge < -0.3 is 21.3 Å². The van der Waals surface area contributed by atoms with Gasteiger partial charge in [-0.1, -0.05) is 18.2 Å². The number of nitrogens with zero attached hydrogens (tertiary/aromatic N) is 2. The number of nitrogen functional groups attached to an aromatic ring is 2. The van der Waals surface area contributed by atoms with Crippen molar-refractivity contribution in [1.82, 2.24) is 0 Å². The van der Waals surface area contributed by atoms with Gasteiger partial charge in [0.25, 0.3) is 0 Å². The number of halogens is 1. The number of rotatable bonds is 2. The number of hydrogen-bond acceptors (Lipinski definition) is 4. The molecule has 0 spiro atoms. The highest BCUT2D eigenvalue weighted by Crippen LogP contribution is 2.28. The van der Waals surface area contributed by atoms with Crippen molar-refractivity contribution in [2.45, 2.75) is 0 Å². The molecule has 110 valence electrons. The third kappa shape index (κ3) is 2.72. The Balaban J connectivity index is 1.73. The van der Waals surface area contributed by atoms with Gasteiger partial charge in [0.15, 0.2) is 0 Å². The molecule has 3 rings (SSSR count). The van der Waals surface area contributed by atoms with E-state index in [1.54, 1.807) is 6.07 Å². The van der Waals surface area contributed by atoms with Crippen LogP contribution in [-0.4, -0.2) is 26.2 Å². The Bertz CT molecular complexity index is 622. The number of piperazine rings is 1. The van der Waals surface area contributed by atoms with Gasteiger partial charge in [-0.3, -0.25) is 0 Å². The Hall–Kier alpha value is -2.43. The molecule has 4 nitrogen and oxygen atoms in total. The molecule has 0 atom stereocenters. The molecule has 5 heteroatoms. The second kappa shape index (κ2) is 5.52. The van der Waals surface area contributed by atoms with Crippen LogP contribution in [0.15, 0.2) is 42.5 Å². The highest BCUT2D eigenvalue weighted by molar-refractivity contribution is 5.70. The molecule has 1 aliphatic heterocycles. The fourth-order valence-corrected chi connectivity index (χ4v) is 2.68. The van der Waals surface area contributed by atoms with Crippen LogP contribution in [0.3, 0.4) is 0 Å². The van der Waals surface area contributed by atoms with Gasteiger partial charge in [0.1, 0.15) is 5.82 Å². The largest absolute Gasteiger partial charge is 0.397 e. The summed E-state index contributed by atoms with van der Waals surface area (Å²) in [6, 6.07) is 13.2. The second-order valence-electron chi connectivity index (χ2n) is 5.24. The van der Waals surface area contributed by atoms with Crippen LogP contribution in [0.25, 0.3) is 0 Å². The average Bonchev–Trinajstić information content (AvgIpc) is 2.52. The molecule has 0 aromatic heterocycles. The first-order valence-electron chi connectivity index (χ1n) is 7.04. The van der Waals surface area contributed by atoms with Crippen molar-refractivity contribution in [2.75, 3.05) is 47.4 Å². The van der Waals surface area contributed by atoms with Gasteiger partial charge in [-0.2, -0.15) is 0 Å². The van der Waals surface area contributed by atoms with E-state index in [1.165, 1.54) is 11.8 Å². The van der Waals surface area contributed by atoms with Crippen molar-refractivity contribution in [1.29, 1.82) is 0 Å². The summed E-state index contributed by atoms with van der Waals surface area (Å²) < 4.78 is 14.0. The van der Waals surface area contributed by atoms with E-state index in [1.807, 2.05) is 23.1 Å². The van der Waals surface area contributed by atoms with E-state index in [2.05, 4.69) is 17.0 Å². The van der Waals surface area contributed by atoms with E-state index in [0.29, 0.717) is 17.1 Å². The molecule has 2 aromatic carbocycles. The normalized spacial score (nSPS) is 15.3. The number of hydrogen-bond donors (Lipinski definition) is 2. The molecule has 2 aromatic rings. The lowest BCUT2D eigenvalue weighted by Crippen LogP contribution is -2.46. The minimum Gasteiger partial charge on any atom is -0.397 e. The van der Waals surface area contributed by atoms with Crippen molar-refractivity contribution in [3.63, 3.8) is 0 Å². The van der Waals surface area contributed by atoms with E-state index in [9.17, 15) is 4.39 Å². The van der Waals surface area contributed by atoms with Gasteiger partial charge in [0.2, 0.25) is 0 Å². The topological polar surface area (TPSA) is 58.5 Å². The summed E-state index contributed by atoms with van der Waals surface area (Å²) in [6.45, 7) is 3.23.